The van der Waals surface area contributed by atoms with Crippen molar-refractivity contribution in [2.45, 2.75) is 58.8 Å². The standard InChI is InChI=1S/C18H31N3O2/c1-13-8-7-9-15(10-13)12-21(6)16(11-19)14(2)20-17(22)23-18(3,4)5/h7-10,14,16H,11-12,19H2,1-6H3,(H,20,22). The van der Waals surface area contributed by atoms with Crippen molar-refractivity contribution in [3.05, 3.63) is 35.4 Å². The number of carbonyl (C=O) groups is 1. The summed E-state index contributed by atoms with van der Waals surface area (Å²) in [5.74, 6) is 0. The van der Waals surface area contributed by atoms with Crippen LogP contribution in [0.1, 0.15) is 38.8 Å². The van der Waals surface area contributed by atoms with E-state index in [9.17, 15) is 4.79 Å². The monoisotopic (exact) mass is 321 g/mol. The molecule has 0 fully saturated rings. The van der Waals surface area contributed by atoms with Gasteiger partial charge in [-0.25, -0.2) is 4.79 Å². The first-order valence-electron chi connectivity index (χ1n) is 8.07. The first-order chi connectivity index (χ1) is 10.6. The van der Waals surface area contributed by atoms with Crippen LogP contribution in [0.5, 0.6) is 0 Å². The summed E-state index contributed by atoms with van der Waals surface area (Å²) in [7, 11) is 2.02. The van der Waals surface area contributed by atoms with E-state index in [4.69, 9.17) is 10.5 Å². The van der Waals surface area contributed by atoms with E-state index in [2.05, 4.69) is 41.4 Å². The molecule has 2 atom stereocenters. The quantitative estimate of drug-likeness (QED) is 0.845. The number of hydrogen-bond donors (Lipinski definition) is 2. The number of nitrogens with one attached hydrogen (secondary N) is 1. The highest BCUT2D eigenvalue weighted by Gasteiger charge is 2.24. The highest BCUT2D eigenvalue weighted by atomic mass is 16.6. The van der Waals surface area contributed by atoms with Gasteiger partial charge in [0, 0.05) is 25.2 Å². The van der Waals surface area contributed by atoms with Gasteiger partial charge in [0.25, 0.3) is 0 Å². The number of nitrogens with zero attached hydrogens (tertiary/aromatic N) is 1. The number of carbonyl (C=O) groups excluding carboxylic acids is 1. The van der Waals surface area contributed by atoms with Crippen molar-refractivity contribution in [2.24, 2.45) is 5.73 Å². The Hall–Kier alpha value is -1.59. The second-order valence-electron chi connectivity index (χ2n) is 7.14. The van der Waals surface area contributed by atoms with Crippen molar-refractivity contribution in [3.8, 4) is 0 Å². The Morgan fingerprint density at radius 3 is 2.57 bits per heavy atom. The van der Waals surface area contributed by atoms with E-state index in [1.54, 1.807) is 0 Å². The molecule has 2 unspecified atom stereocenters. The summed E-state index contributed by atoms with van der Waals surface area (Å²) in [5, 5.41) is 2.88. The third-order valence-corrected chi connectivity index (χ3v) is 3.64. The molecule has 0 radical (unpaired) electrons. The van der Waals surface area contributed by atoms with E-state index in [1.165, 1.54) is 11.1 Å². The van der Waals surface area contributed by atoms with Crippen LogP contribution in [0.15, 0.2) is 24.3 Å². The molecule has 0 aliphatic carbocycles. The summed E-state index contributed by atoms with van der Waals surface area (Å²) in [5.41, 5.74) is 7.89. The lowest BCUT2D eigenvalue weighted by Gasteiger charge is -2.33. The van der Waals surface area contributed by atoms with E-state index in [0.717, 1.165) is 6.54 Å². The molecule has 0 aromatic heterocycles. The third kappa shape index (κ3) is 7.01. The number of ether oxygens (including phenoxy) is 1. The minimum Gasteiger partial charge on any atom is -0.444 e. The maximum Gasteiger partial charge on any atom is 0.407 e. The number of amides is 1. The molecule has 0 saturated carbocycles. The Bertz CT molecular complexity index is 511. The van der Waals surface area contributed by atoms with Gasteiger partial charge in [0.1, 0.15) is 5.60 Å². The van der Waals surface area contributed by atoms with Gasteiger partial charge < -0.3 is 15.8 Å². The molecule has 3 N–H and O–H groups in total. The average Bonchev–Trinajstić information content (AvgIpc) is 2.36. The fourth-order valence-electron chi connectivity index (χ4n) is 2.57. The molecule has 1 aromatic carbocycles. The lowest BCUT2D eigenvalue weighted by molar-refractivity contribution is 0.0476. The number of benzene rings is 1. The first-order valence-corrected chi connectivity index (χ1v) is 8.07. The molecule has 5 heteroatoms. The van der Waals surface area contributed by atoms with Gasteiger partial charge in [-0.3, -0.25) is 4.90 Å². The smallest absolute Gasteiger partial charge is 0.407 e. The summed E-state index contributed by atoms with van der Waals surface area (Å²) in [6, 6.07) is 8.32. The van der Waals surface area contributed by atoms with Gasteiger partial charge in [-0.2, -0.15) is 0 Å². The molecule has 0 aliphatic heterocycles. The molecular formula is C18H31N3O2. The second kappa shape index (κ2) is 8.31. The van der Waals surface area contributed by atoms with E-state index in [0.29, 0.717) is 6.54 Å². The van der Waals surface area contributed by atoms with E-state index in [-0.39, 0.29) is 12.1 Å². The van der Waals surface area contributed by atoms with Gasteiger partial charge in [-0.15, -0.1) is 0 Å². The molecular weight excluding hydrogens is 290 g/mol. The average molecular weight is 321 g/mol. The van der Waals surface area contributed by atoms with E-state index in [1.807, 2.05) is 34.7 Å². The van der Waals surface area contributed by atoms with Crippen molar-refractivity contribution in [1.82, 2.24) is 10.2 Å². The van der Waals surface area contributed by atoms with Crippen molar-refractivity contribution in [1.29, 1.82) is 0 Å². The van der Waals surface area contributed by atoms with Crippen LogP contribution in [0.4, 0.5) is 4.79 Å². The van der Waals surface area contributed by atoms with Crippen molar-refractivity contribution in [2.75, 3.05) is 13.6 Å². The maximum atomic E-state index is 11.9. The van der Waals surface area contributed by atoms with Gasteiger partial charge in [0.2, 0.25) is 0 Å². The number of hydrogen-bond acceptors (Lipinski definition) is 4. The minimum absolute atomic E-state index is 0.0306. The zero-order valence-electron chi connectivity index (χ0n) is 15.2. The molecule has 0 heterocycles. The molecule has 23 heavy (non-hydrogen) atoms. The largest absolute Gasteiger partial charge is 0.444 e. The first kappa shape index (κ1) is 19.5. The highest BCUT2D eigenvalue weighted by Crippen LogP contribution is 2.12. The second-order valence-corrected chi connectivity index (χ2v) is 7.14. The third-order valence-electron chi connectivity index (χ3n) is 3.64. The van der Waals surface area contributed by atoms with Gasteiger partial charge in [0.05, 0.1) is 0 Å². The fraction of sp³-hybridized carbons (Fsp3) is 0.611. The number of likely N-dealkylation sites (N-methyl/N-ethyl adjacent to an activating group) is 1. The number of alkyl carbamates (subject to hydrolysis) is 1. The predicted octanol–water partition coefficient (Wildman–Crippen LogP) is 2.67. The molecule has 5 nitrogen and oxygen atoms in total. The SMILES string of the molecule is Cc1cccc(CN(C)C(CN)C(C)NC(=O)OC(C)(C)C)c1. The Morgan fingerprint density at radius 1 is 1.39 bits per heavy atom. The van der Waals surface area contributed by atoms with Crippen LogP contribution < -0.4 is 11.1 Å². The Labute approximate surface area is 140 Å². The minimum atomic E-state index is -0.504. The van der Waals surface area contributed by atoms with Crippen LogP contribution in [-0.4, -0.2) is 42.3 Å². The zero-order chi connectivity index (χ0) is 17.6. The van der Waals surface area contributed by atoms with Crippen molar-refractivity contribution >= 4 is 6.09 Å². The van der Waals surface area contributed by atoms with Crippen LogP contribution in [0, 0.1) is 6.92 Å². The summed E-state index contributed by atoms with van der Waals surface area (Å²) in [6.45, 7) is 10.8. The molecule has 1 amide bonds. The Kier molecular flexibility index (Phi) is 7.03. The van der Waals surface area contributed by atoms with Crippen LogP contribution in [0.25, 0.3) is 0 Å². The van der Waals surface area contributed by atoms with Crippen LogP contribution in [0.2, 0.25) is 0 Å². The molecule has 0 bridgehead atoms. The number of aryl methyl sites for hydroxylation is 1. The zero-order valence-corrected chi connectivity index (χ0v) is 15.2. The predicted molar refractivity (Wildman–Crippen MR) is 94.3 cm³/mol. The van der Waals surface area contributed by atoms with E-state index >= 15 is 0 Å². The molecule has 130 valence electrons. The van der Waals surface area contributed by atoms with Gasteiger partial charge in [-0.1, -0.05) is 29.8 Å². The van der Waals surface area contributed by atoms with Gasteiger partial charge in [-0.05, 0) is 47.2 Å². The number of rotatable bonds is 6. The summed E-state index contributed by atoms with van der Waals surface area (Å²) < 4.78 is 5.31. The lowest BCUT2D eigenvalue weighted by atomic mass is 10.1. The topological polar surface area (TPSA) is 67.6 Å². The normalized spacial score (nSPS) is 14.4. The highest BCUT2D eigenvalue weighted by molar-refractivity contribution is 5.68. The Balaban J connectivity index is 2.65. The summed E-state index contributed by atoms with van der Waals surface area (Å²) >= 11 is 0. The molecule has 0 aliphatic rings. The molecule has 1 aromatic rings. The number of nitrogens with two attached hydrogens (primary N) is 1. The molecule has 0 saturated heterocycles. The van der Waals surface area contributed by atoms with Gasteiger partial charge in [0.15, 0.2) is 0 Å². The Morgan fingerprint density at radius 2 is 2.04 bits per heavy atom. The van der Waals surface area contributed by atoms with Crippen molar-refractivity contribution < 1.29 is 9.53 Å². The van der Waals surface area contributed by atoms with Crippen molar-refractivity contribution in [3.63, 3.8) is 0 Å². The van der Waals surface area contributed by atoms with Crippen LogP contribution >= 0.6 is 0 Å². The molecule has 0 spiro atoms. The van der Waals surface area contributed by atoms with Gasteiger partial charge >= 0.3 is 6.09 Å². The molecule has 1 rings (SSSR count). The van der Waals surface area contributed by atoms with E-state index < -0.39 is 11.7 Å². The fourth-order valence-corrected chi connectivity index (χ4v) is 2.57. The van der Waals surface area contributed by atoms with Crippen LogP contribution in [0.3, 0.4) is 0 Å². The summed E-state index contributed by atoms with van der Waals surface area (Å²) in [6.07, 6.45) is -0.410. The van der Waals surface area contributed by atoms with Crippen LogP contribution in [-0.2, 0) is 11.3 Å². The lowest BCUT2D eigenvalue weighted by Crippen LogP contribution is -2.53. The maximum absolute atomic E-state index is 11.9. The summed E-state index contributed by atoms with van der Waals surface area (Å²) in [4.78, 5) is 14.1.